The largest absolute Gasteiger partial charge is 0.666 e. The Kier molecular flexibility index (Phi) is 14.3. The van der Waals surface area contributed by atoms with Gasteiger partial charge in [0.15, 0.2) is 5.78 Å². The van der Waals surface area contributed by atoms with Crippen LogP contribution in [0.25, 0.3) is 5.73 Å². The summed E-state index contributed by atoms with van der Waals surface area (Å²) in [4.78, 5) is 69.4. The van der Waals surface area contributed by atoms with Crippen LogP contribution >= 0.6 is 0 Å². The number of hydrogen-bond acceptors (Lipinski definition) is 6. The Morgan fingerprint density at radius 3 is 1.70 bits per heavy atom. The maximum atomic E-state index is 12.4. The van der Waals surface area contributed by atoms with Gasteiger partial charge in [-0.05, 0) is 25.8 Å². The fourth-order valence-electron chi connectivity index (χ4n) is 2.19. The van der Waals surface area contributed by atoms with Crippen LogP contribution in [0.3, 0.4) is 0 Å². The van der Waals surface area contributed by atoms with E-state index in [0.717, 1.165) is 6.92 Å². The molecule has 0 bridgehead atoms. The molecule has 0 aliphatic carbocycles. The second-order valence-electron chi connectivity index (χ2n) is 6.88. The molecule has 0 unspecified atom stereocenters. The number of carboxylic acid groups (broad SMARTS) is 2. The third kappa shape index (κ3) is 11.3. The minimum Gasteiger partial charge on any atom is -0.666 e. The molecule has 0 aromatic heterocycles. The molecule has 167 valence electrons. The average Bonchev–Trinajstić information content (AvgIpc) is 2.56. The number of Topliss-reactive ketones (excluding diaryl/α,β-unsaturated/α-hetero) is 1. The summed E-state index contributed by atoms with van der Waals surface area (Å²) >= 11 is 0. The maximum absolute atomic E-state index is 12.4. The molecule has 0 heterocycles. The van der Waals surface area contributed by atoms with E-state index in [9.17, 15) is 28.8 Å². The van der Waals surface area contributed by atoms with Crippen molar-refractivity contribution in [3.63, 3.8) is 0 Å². The summed E-state index contributed by atoms with van der Waals surface area (Å²) in [5.41, 5.74) is 7.43. The number of aliphatic carboxylic acids is 2. The van der Waals surface area contributed by atoms with E-state index in [-0.39, 0.29) is 32.7 Å². The number of hydrogen-bond donors (Lipinski definition) is 5. The van der Waals surface area contributed by atoms with Gasteiger partial charge >= 0.3 is 11.9 Å². The molecule has 0 spiro atoms. The van der Waals surface area contributed by atoms with E-state index in [2.05, 4.69) is 16.0 Å². The Bertz CT molecular complexity index is 670. The molecule has 0 fully saturated rings. The van der Waals surface area contributed by atoms with Gasteiger partial charge in [-0.3, -0.25) is 28.8 Å². The topological polar surface area (TPSA) is 203 Å². The smallest absolute Gasteiger partial charge is 0.305 e. The molecule has 3 amide bonds. The first-order valence-electron chi connectivity index (χ1n) is 8.82. The number of carbonyl (C=O) groups is 6. The summed E-state index contributed by atoms with van der Waals surface area (Å²) in [6.07, 6.45) is -1.34. The van der Waals surface area contributed by atoms with Crippen molar-refractivity contribution in [2.75, 3.05) is 0 Å². The molecule has 0 aliphatic rings. The van der Waals surface area contributed by atoms with E-state index in [0.29, 0.717) is 0 Å². The maximum Gasteiger partial charge on any atom is 0.305 e. The first-order chi connectivity index (χ1) is 13.3. The number of rotatable bonds is 12. The molecule has 0 aromatic rings. The number of amides is 3. The number of nitrogens with one attached hydrogen (secondary N) is 4. The summed E-state index contributed by atoms with van der Waals surface area (Å²) in [5, 5.41) is 24.3. The zero-order valence-corrected chi connectivity index (χ0v) is 20.1. The van der Waals surface area contributed by atoms with Crippen molar-refractivity contribution in [2.45, 2.75) is 64.7 Å². The van der Waals surface area contributed by atoms with Gasteiger partial charge in [0.25, 0.3) is 0 Å². The molecular weight excluding hydrogens is 477 g/mol. The minimum absolute atomic E-state index is 0. The van der Waals surface area contributed by atoms with E-state index in [1.807, 2.05) is 0 Å². The van der Waals surface area contributed by atoms with Crippen LogP contribution in [0.5, 0.6) is 0 Å². The van der Waals surface area contributed by atoms with E-state index in [1.165, 1.54) is 6.92 Å². The molecule has 1 radical (unpaired) electrons. The van der Waals surface area contributed by atoms with Gasteiger partial charge in [0.1, 0.15) is 12.1 Å². The molecule has 13 heteroatoms. The minimum atomic E-state index is -1.60. The normalized spacial score (nSPS) is 14.3. The van der Waals surface area contributed by atoms with Crippen LogP contribution < -0.4 is 16.0 Å². The van der Waals surface area contributed by atoms with Crippen LogP contribution in [-0.4, -0.2) is 69.8 Å². The van der Waals surface area contributed by atoms with Gasteiger partial charge in [0, 0.05) is 39.1 Å². The van der Waals surface area contributed by atoms with Gasteiger partial charge in [-0.25, -0.2) is 0 Å². The fraction of sp³-hybridized carbons (Fsp3) is 0.647. The van der Waals surface area contributed by atoms with Crippen LogP contribution in [0, 0.1) is 5.92 Å². The van der Waals surface area contributed by atoms with E-state index < -0.39 is 78.4 Å². The predicted molar refractivity (Wildman–Crippen MR) is 99.6 cm³/mol. The standard InChI is InChI=1S/C17H27N4O8.Y/c1-7(2)14(17(29)20-11(9(4)22)6-13(25)26)21-15(27)8(3)19-16(28)10(18)5-12(23)24;/h7-8,10-11,14,18H,5-6H2,1-4H3,(H,19,28)(H,20,29)(H,21,27)(H,23,24)(H,25,26);/q-1;/t8-,10-,11-,14-;/m0./s1. The van der Waals surface area contributed by atoms with Crippen molar-refractivity contribution in [1.29, 1.82) is 0 Å². The van der Waals surface area contributed by atoms with Gasteiger partial charge in [0.2, 0.25) is 17.7 Å². The molecule has 0 aliphatic heterocycles. The van der Waals surface area contributed by atoms with Gasteiger partial charge in [-0.1, -0.05) is 13.8 Å². The Hall–Kier alpha value is -1.92. The van der Waals surface area contributed by atoms with Crippen molar-refractivity contribution < 1.29 is 71.7 Å². The second kappa shape index (κ2) is 14.2. The monoisotopic (exact) mass is 504 g/mol. The summed E-state index contributed by atoms with van der Waals surface area (Å²) in [5.74, 6) is -6.11. The molecule has 0 rings (SSSR count). The van der Waals surface area contributed by atoms with Crippen LogP contribution in [0.1, 0.15) is 40.5 Å². The van der Waals surface area contributed by atoms with Crippen LogP contribution in [0.15, 0.2) is 0 Å². The third-order valence-corrected chi connectivity index (χ3v) is 3.88. The number of carbonyl (C=O) groups excluding carboxylic acids is 4. The quantitative estimate of drug-likeness (QED) is 0.224. The van der Waals surface area contributed by atoms with E-state index in [4.69, 9.17) is 15.9 Å². The van der Waals surface area contributed by atoms with Crippen molar-refractivity contribution >= 4 is 35.4 Å². The summed E-state index contributed by atoms with van der Waals surface area (Å²) in [6.45, 7) is 5.64. The molecule has 30 heavy (non-hydrogen) atoms. The number of carboxylic acids is 2. The van der Waals surface area contributed by atoms with Gasteiger partial charge in [-0.15, -0.1) is 0 Å². The molecule has 12 nitrogen and oxygen atoms in total. The average molecular weight is 504 g/mol. The first kappa shape index (κ1) is 30.3. The Morgan fingerprint density at radius 1 is 0.800 bits per heavy atom. The van der Waals surface area contributed by atoms with Crippen LogP contribution in [-0.2, 0) is 61.5 Å². The molecular formula is C17H27N4O8Y-. The van der Waals surface area contributed by atoms with Crippen LogP contribution in [0.4, 0.5) is 0 Å². The third-order valence-electron chi connectivity index (χ3n) is 3.88. The van der Waals surface area contributed by atoms with Crippen LogP contribution in [0.2, 0.25) is 0 Å². The molecule has 0 saturated heterocycles. The molecule has 0 saturated carbocycles. The van der Waals surface area contributed by atoms with Crippen molar-refractivity contribution in [3.8, 4) is 0 Å². The van der Waals surface area contributed by atoms with Gasteiger partial charge in [-0.2, -0.15) is 0 Å². The molecule has 6 N–H and O–H groups in total. The van der Waals surface area contributed by atoms with Gasteiger partial charge in [0.05, 0.1) is 12.5 Å². The second-order valence-corrected chi connectivity index (χ2v) is 6.88. The zero-order chi connectivity index (χ0) is 22.9. The Labute approximate surface area is 199 Å². The molecule has 0 aromatic carbocycles. The number of ketones is 1. The Morgan fingerprint density at radius 2 is 1.30 bits per heavy atom. The van der Waals surface area contributed by atoms with Crippen molar-refractivity contribution in [2.24, 2.45) is 5.92 Å². The van der Waals surface area contributed by atoms with Crippen molar-refractivity contribution in [1.82, 2.24) is 16.0 Å². The predicted octanol–water partition coefficient (Wildman–Crippen LogP) is -0.927. The SMILES string of the molecule is CC(=O)[C@H](CC(=O)O)NC(=O)[C@@H](NC(=O)[C@H](C)NC(=O)[C@@H]([NH-])CC(=O)O)C(C)C.[Y]. The summed E-state index contributed by atoms with van der Waals surface area (Å²) in [7, 11) is 0. The zero-order valence-electron chi connectivity index (χ0n) is 17.2. The molecule has 4 atom stereocenters. The first-order valence-corrected chi connectivity index (χ1v) is 8.82. The van der Waals surface area contributed by atoms with E-state index >= 15 is 0 Å². The fourth-order valence-corrected chi connectivity index (χ4v) is 2.19. The van der Waals surface area contributed by atoms with E-state index in [1.54, 1.807) is 13.8 Å². The summed E-state index contributed by atoms with van der Waals surface area (Å²) < 4.78 is 0. The van der Waals surface area contributed by atoms with Gasteiger partial charge < -0.3 is 31.9 Å². The van der Waals surface area contributed by atoms with Crippen molar-refractivity contribution in [3.05, 3.63) is 5.73 Å². The summed E-state index contributed by atoms with van der Waals surface area (Å²) in [6, 6.07) is -5.14. The Balaban J connectivity index is 0.